The Morgan fingerprint density at radius 1 is 1.14 bits per heavy atom. The van der Waals surface area contributed by atoms with Crippen LogP contribution in [0, 0.1) is 12.7 Å². The summed E-state index contributed by atoms with van der Waals surface area (Å²) >= 11 is 0. The van der Waals surface area contributed by atoms with Crippen LogP contribution >= 0.6 is 0 Å². The molecule has 1 aromatic heterocycles. The van der Waals surface area contributed by atoms with E-state index >= 15 is 0 Å². The monoisotopic (exact) mass is 507 g/mol. The number of nitrogens with zero attached hydrogens (tertiary/aromatic N) is 5. The number of pyridine rings is 1. The Morgan fingerprint density at radius 2 is 1.83 bits per heavy atom. The van der Waals surface area contributed by atoms with Crippen molar-refractivity contribution in [2.24, 2.45) is 10.7 Å². The van der Waals surface area contributed by atoms with Crippen molar-refractivity contribution in [1.29, 1.82) is 0 Å². The second kappa shape index (κ2) is 10.1. The van der Waals surface area contributed by atoms with E-state index < -0.39 is 11.7 Å². The van der Waals surface area contributed by atoms with E-state index in [2.05, 4.69) is 4.98 Å². The number of nitrogens with two attached hydrogens (primary N) is 1. The maximum atomic E-state index is 14.0. The first-order chi connectivity index (χ1) is 17.0. The first kappa shape index (κ1) is 25.9. The predicted octanol–water partition coefficient (Wildman–Crippen LogP) is 3.67. The highest BCUT2D eigenvalue weighted by molar-refractivity contribution is 5.73. The van der Waals surface area contributed by atoms with E-state index in [1.807, 2.05) is 24.1 Å². The van der Waals surface area contributed by atoms with Crippen molar-refractivity contribution in [3.63, 3.8) is 0 Å². The van der Waals surface area contributed by atoms with Crippen molar-refractivity contribution in [2.75, 3.05) is 58.4 Å². The lowest BCUT2D eigenvalue weighted by Crippen LogP contribution is -2.59. The molecule has 1 saturated heterocycles. The van der Waals surface area contributed by atoms with Gasteiger partial charge in [0.1, 0.15) is 30.0 Å². The summed E-state index contributed by atoms with van der Waals surface area (Å²) in [7, 11) is 3.58. The Kier molecular flexibility index (Phi) is 7.24. The topological polar surface area (TPSA) is 67.0 Å². The summed E-state index contributed by atoms with van der Waals surface area (Å²) in [5, 5.41) is 0. The lowest BCUT2D eigenvalue weighted by Gasteiger charge is -2.43. The van der Waals surface area contributed by atoms with Gasteiger partial charge >= 0.3 is 12.1 Å². The van der Waals surface area contributed by atoms with E-state index in [4.69, 9.17) is 15.5 Å². The number of rotatable bonds is 6. The highest BCUT2D eigenvalue weighted by atomic mass is 19.4. The van der Waals surface area contributed by atoms with E-state index in [1.54, 1.807) is 25.0 Å². The molecule has 194 valence electrons. The fourth-order valence-corrected chi connectivity index (χ4v) is 4.72. The number of aliphatic imine (C=N–C) groups is 1. The molecule has 2 aromatic rings. The van der Waals surface area contributed by atoms with Crippen LogP contribution in [0.5, 0.6) is 0 Å². The van der Waals surface area contributed by atoms with Crippen LogP contribution in [-0.2, 0) is 10.9 Å². The van der Waals surface area contributed by atoms with Crippen LogP contribution < -0.4 is 10.6 Å². The molecule has 2 N–H and O–H groups in total. The molecular weight excluding hydrogens is 476 g/mol. The van der Waals surface area contributed by atoms with Gasteiger partial charge in [-0.3, -0.25) is 4.48 Å². The molecule has 1 aromatic carbocycles. The summed E-state index contributed by atoms with van der Waals surface area (Å²) in [6.07, 6.45) is -1.09. The molecule has 0 aliphatic carbocycles. The number of methoxy groups -OCH3 is 1. The van der Waals surface area contributed by atoms with Gasteiger partial charge in [-0.05, 0) is 42.8 Å². The van der Waals surface area contributed by atoms with Gasteiger partial charge < -0.3 is 20.3 Å². The van der Waals surface area contributed by atoms with Crippen molar-refractivity contribution < 1.29 is 26.8 Å². The summed E-state index contributed by atoms with van der Waals surface area (Å²) in [6.45, 7) is 4.34. The number of aryl methyl sites for hydroxylation is 1. The van der Waals surface area contributed by atoms with Gasteiger partial charge in [0.2, 0.25) is 0 Å². The number of halogens is 4. The molecule has 2 atom stereocenters. The number of likely N-dealkylation sites (N-methyl/N-ethyl adjacent to an activating group) is 1. The van der Waals surface area contributed by atoms with Gasteiger partial charge in [0, 0.05) is 51.1 Å². The Morgan fingerprint density at radius 3 is 2.47 bits per heavy atom. The lowest BCUT2D eigenvalue weighted by atomic mass is 9.99. The van der Waals surface area contributed by atoms with Crippen LogP contribution in [0.1, 0.15) is 22.7 Å². The Bertz CT molecular complexity index is 1160. The fourth-order valence-electron chi connectivity index (χ4n) is 4.72. The maximum absolute atomic E-state index is 14.0. The molecule has 4 rings (SSSR count). The second-order valence-corrected chi connectivity index (χ2v) is 9.28. The van der Waals surface area contributed by atoms with Crippen molar-refractivity contribution in [3.8, 4) is 0 Å². The van der Waals surface area contributed by atoms with Crippen molar-refractivity contribution in [1.82, 2.24) is 9.88 Å². The Balaban J connectivity index is 1.60. The number of benzene rings is 1. The highest BCUT2D eigenvalue weighted by Gasteiger charge is 2.42. The second-order valence-electron chi connectivity index (χ2n) is 9.28. The molecule has 1 fully saturated rings. The summed E-state index contributed by atoms with van der Waals surface area (Å²) in [5.41, 5.74) is 7.20. The molecule has 0 spiro atoms. The third kappa shape index (κ3) is 5.03. The maximum Gasteiger partial charge on any atom is 0.419 e. The molecule has 36 heavy (non-hydrogen) atoms. The average molecular weight is 508 g/mol. The van der Waals surface area contributed by atoms with E-state index in [9.17, 15) is 17.6 Å². The predicted molar refractivity (Wildman–Crippen MR) is 130 cm³/mol. The van der Waals surface area contributed by atoms with Crippen LogP contribution in [0.25, 0.3) is 0 Å². The van der Waals surface area contributed by atoms with E-state index in [-0.39, 0.29) is 22.2 Å². The van der Waals surface area contributed by atoms with Crippen LogP contribution in [0.15, 0.2) is 53.4 Å². The van der Waals surface area contributed by atoms with Crippen molar-refractivity contribution >= 4 is 11.8 Å². The van der Waals surface area contributed by atoms with Gasteiger partial charge in [-0.15, -0.1) is 0 Å². The third-order valence-corrected chi connectivity index (χ3v) is 6.95. The van der Waals surface area contributed by atoms with Gasteiger partial charge in [0.15, 0.2) is 0 Å². The van der Waals surface area contributed by atoms with Crippen LogP contribution in [0.4, 0.5) is 23.4 Å². The van der Waals surface area contributed by atoms with Crippen LogP contribution in [0.2, 0.25) is 0 Å². The fraction of sp³-hybridized carbons (Fsp3) is 0.440. The van der Waals surface area contributed by atoms with Crippen molar-refractivity contribution in [2.45, 2.75) is 19.1 Å². The zero-order valence-electron chi connectivity index (χ0n) is 20.6. The summed E-state index contributed by atoms with van der Waals surface area (Å²) in [5.74, 6) is 0.705. The average Bonchev–Trinajstić information content (AvgIpc) is 2.86. The normalized spacial score (nSPS) is 22.9. The molecule has 0 amide bonds. The standard InChI is InChI=1S/C25H31F4N6O/c1-17-15-18(6-7-20(17)26)21-16-22(32-24(30)35(21,2)13-14-36-3)33-9-11-34(12-10-33)23-19(25(27,28)29)5-4-8-31-23/h4-8,15-16,21H,9-14H2,1-3H3,(H2,30,32)/q+1. The Hall–Kier alpha value is -3.18. The molecule has 2 unspecified atom stereocenters. The van der Waals surface area contributed by atoms with E-state index in [1.165, 1.54) is 18.3 Å². The van der Waals surface area contributed by atoms with Crippen molar-refractivity contribution in [3.05, 3.63) is 70.9 Å². The third-order valence-electron chi connectivity index (χ3n) is 6.95. The zero-order valence-corrected chi connectivity index (χ0v) is 20.6. The number of piperazine rings is 1. The van der Waals surface area contributed by atoms with Gasteiger partial charge in [0.05, 0.1) is 19.2 Å². The number of ether oxygens (including phenoxy) is 1. The van der Waals surface area contributed by atoms with Gasteiger partial charge in [-0.1, -0.05) is 0 Å². The largest absolute Gasteiger partial charge is 0.419 e. The van der Waals surface area contributed by atoms with Gasteiger partial charge in [-0.25, -0.2) is 9.37 Å². The number of guanidine groups is 1. The first-order valence-electron chi connectivity index (χ1n) is 11.7. The summed E-state index contributed by atoms with van der Waals surface area (Å²) in [4.78, 5) is 12.4. The lowest BCUT2D eigenvalue weighted by molar-refractivity contribution is -0.849. The van der Waals surface area contributed by atoms with E-state index in [0.29, 0.717) is 56.7 Å². The molecule has 2 aliphatic rings. The smallest absolute Gasteiger partial charge is 0.379 e. The Labute approximate surface area is 208 Å². The molecule has 0 saturated carbocycles. The molecular formula is C25H31F4N6O+. The number of anilines is 1. The summed E-state index contributed by atoms with van der Waals surface area (Å²) < 4.78 is 60.0. The van der Waals surface area contributed by atoms with Gasteiger partial charge in [0.25, 0.3) is 0 Å². The number of alkyl halides is 3. The number of hydrogen-bond acceptors (Lipinski definition) is 6. The minimum absolute atomic E-state index is 0.0613. The zero-order chi connectivity index (χ0) is 26.1. The molecule has 3 heterocycles. The SMILES string of the molecule is COCC[N+]1(C)C(N)=NC(N2CCN(c3ncccc3C(F)(F)F)CC2)=CC1c1ccc(F)c(C)c1. The molecule has 2 aliphatic heterocycles. The quantitative estimate of drug-likeness (QED) is 0.478. The highest BCUT2D eigenvalue weighted by Crippen LogP contribution is 2.37. The summed E-state index contributed by atoms with van der Waals surface area (Å²) in [6, 6.07) is 7.12. The first-order valence-corrected chi connectivity index (χ1v) is 11.7. The minimum atomic E-state index is -4.48. The number of aromatic nitrogens is 1. The van der Waals surface area contributed by atoms with E-state index in [0.717, 1.165) is 11.6 Å². The number of hydrogen-bond donors (Lipinski definition) is 1. The van der Waals surface area contributed by atoms with Gasteiger partial charge in [-0.2, -0.15) is 18.2 Å². The van der Waals surface area contributed by atoms with Crippen LogP contribution in [0.3, 0.4) is 0 Å². The number of quaternary nitrogens is 1. The molecule has 11 heteroatoms. The molecule has 0 bridgehead atoms. The van der Waals surface area contributed by atoms with Crippen LogP contribution in [-0.4, -0.2) is 73.8 Å². The molecule has 7 nitrogen and oxygen atoms in total. The molecule has 0 radical (unpaired) electrons. The minimum Gasteiger partial charge on any atom is -0.379 e.